The molecule has 0 saturated heterocycles. The van der Waals surface area contributed by atoms with E-state index in [9.17, 15) is 0 Å². The van der Waals surface area contributed by atoms with Crippen LogP contribution in [0.25, 0.3) is 10.9 Å². The van der Waals surface area contributed by atoms with Gasteiger partial charge >= 0.3 is 0 Å². The third-order valence-corrected chi connectivity index (χ3v) is 4.32. The van der Waals surface area contributed by atoms with Gasteiger partial charge in [0.2, 0.25) is 0 Å². The quantitative estimate of drug-likeness (QED) is 0.887. The summed E-state index contributed by atoms with van der Waals surface area (Å²) in [6.45, 7) is 4.71. The summed E-state index contributed by atoms with van der Waals surface area (Å²) < 4.78 is 0. The highest BCUT2D eigenvalue weighted by Gasteiger charge is 2.50. The van der Waals surface area contributed by atoms with E-state index >= 15 is 0 Å². The lowest BCUT2D eigenvalue weighted by Gasteiger charge is -2.20. The Kier molecular flexibility index (Phi) is 2.63. The molecule has 2 atom stereocenters. The minimum absolute atomic E-state index is 0.438. The van der Waals surface area contributed by atoms with Gasteiger partial charge in [-0.25, -0.2) is 0 Å². The maximum Gasteiger partial charge on any atom is 0.0705 e. The summed E-state index contributed by atoms with van der Waals surface area (Å²) in [5, 5.41) is 4.78. The van der Waals surface area contributed by atoms with Gasteiger partial charge in [0, 0.05) is 17.6 Å². The van der Waals surface area contributed by atoms with Crippen LogP contribution in [0, 0.1) is 11.3 Å². The van der Waals surface area contributed by atoms with Gasteiger partial charge in [-0.15, -0.1) is 0 Å². The van der Waals surface area contributed by atoms with Crippen molar-refractivity contribution >= 4 is 10.9 Å². The predicted octanol–water partition coefficient (Wildman–Crippen LogP) is 3.54. The maximum absolute atomic E-state index is 4.45. The van der Waals surface area contributed by atoms with Crippen molar-refractivity contribution in [2.24, 2.45) is 11.3 Å². The van der Waals surface area contributed by atoms with E-state index in [0.29, 0.717) is 11.5 Å². The van der Waals surface area contributed by atoms with Gasteiger partial charge in [0.1, 0.15) is 0 Å². The number of fused-ring (bicyclic) bond motifs is 1. The molecule has 0 amide bonds. The van der Waals surface area contributed by atoms with Crippen LogP contribution in [-0.4, -0.2) is 12.0 Å². The van der Waals surface area contributed by atoms with E-state index in [2.05, 4.69) is 55.5 Å². The van der Waals surface area contributed by atoms with Crippen LogP contribution >= 0.6 is 0 Å². The van der Waals surface area contributed by atoms with E-state index in [4.69, 9.17) is 0 Å². The molecule has 2 aromatic rings. The van der Waals surface area contributed by atoms with Crippen LogP contribution in [0.15, 0.2) is 36.5 Å². The minimum Gasteiger partial charge on any atom is -0.313 e. The molecule has 3 rings (SSSR count). The summed E-state index contributed by atoms with van der Waals surface area (Å²) in [5.74, 6) is 0.730. The van der Waals surface area contributed by atoms with Crippen LogP contribution in [0.3, 0.4) is 0 Å². The first-order valence-electron chi connectivity index (χ1n) is 6.64. The van der Waals surface area contributed by atoms with Crippen molar-refractivity contribution in [1.82, 2.24) is 10.3 Å². The van der Waals surface area contributed by atoms with Gasteiger partial charge in [0.05, 0.1) is 5.52 Å². The second-order valence-corrected chi connectivity index (χ2v) is 5.98. The van der Waals surface area contributed by atoms with Crippen LogP contribution in [0.5, 0.6) is 0 Å². The highest BCUT2D eigenvalue weighted by atomic mass is 14.9. The summed E-state index contributed by atoms with van der Waals surface area (Å²) >= 11 is 0. The van der Waals surface area contributed by atoms with Crippen molar-refractivity contribution in [2.75, 3.05) is 7.05 Å². The van der Waals surface area contributed by atoms with Crippen LogP contribution in [0.1, 0.15) is 31.9 Å². The molecule has 0 spiro atoms. The number of rotatable bonds is 3. The number of hydrogen-bond acceptors (Lipinski definition) is 2. The van der Waals surface area contributed by atoms with Crippen molar-refractivity contribution in [3.05, 3.63) is 42.1 Å². The number of hydrogen-bond donors (Lipinski definition) is 1. The Morgan fingerprint density at radius 1 is 1.28 bits per heavy atom. The molecule has 1 aliphatic rings. The number of nitrogens with one attached hydrogen (secondary N) is 1. The fourth-order valence-electron chi connectivity index (χ4n) is 3.05. The summed E-state index contributed by atoms with van der Waals surface area (Å²) in [5.41, 5.74) is 2.95. The van der Waals surface area contributed by atoms with Crippen LogP contribution in [0.4, 0.5) is 0 Å². The van der Waals surface area contributed by atoms with Gasteiger partial charge in [0.15, 0.2) is 0 Å². The standard InChI is InChI=1S/C16H20N2/c1-16(2)10-13(16)15(17-3)12-6-4-8-14-11(12)7-5-9-18-14/h4-9,13,15,17H,10H2,1-3H3. The second-order valence-electron chi connectivity index (χ2n) is 5.98. The van der Waals surface area contributed by atoms with Gasteiger partial charge in [-0.2, -0.15) is 0 Å². The van der Waals surface area contributed by atoms with Crippen molar-refractivity contribution in [3.63, 3.8) is 0 Å². The molecular formula is C16H20N2. The molecule has 0 aliphatic heterocycles. The SMILES string of the molecule is CNC(c1cccc2ncccc12)C1CC1(C)C. The van der Waals surface area contributed by atoms with Crippen molar-refractivity contribution in [1.29, 1.82) is 0 Å². The Labute approximate surface area is 108 Å². The number of aromatic nitrogens is 1. The molecule has 1 saturated carbocycles. The third kappa shape index (κ3) is 1.81. The largest absolute Gasteiger partial charge is 0.313 e. The van der Waals surface area contributed by atoms with E-state index in [1.54, 1.807) is 0 Å². The average molecular weight is 240 g/mol. The number of nitrogens with zero attached hydrogens (tertiary/aromatic N) is 1. The fourth-order valence-corrected chi connectivity index (χ4v) is 3.05. The first-order valence-corrected chi connectivity index (χ1v) is 6.64. The Hall–Kier alpha value is -1.41. The lowest BCUT2D eigenvalue weighted by atomic mass is 9.94. The van der Waals surface area contributed by atoms with Gasteiger partial charge in [-0.1, -0.05) is 32.0 Å². The normalized spacial score (nSPS) is 22.9. The zero-order chi connectivity index (χ0) is 12.8. The van der Waals surface area contributed by atoms with Crippen molar-refractivity contribution < 1.29 is 0 Å². The summed E-state index contributed by atoms with van der Waals surface area (Å²) in [7, 11) is 2.06. The molecule has 1 fully saturated rings. The highest BCUT2D eigenvalue weighted by molar-refractivity contribution is 5.82. The number of pyridine rings is 1. The molecule has 1 aliphatic carbocycles. The molecule has 1 heterocycles. The van der Waals surface area contributed by atoms with E-state index in [1.165, 1.54) is 17.4 Å². The maximum atomic E-state index is 4.45. The van der Waals surface area contributed by atoms with E-state index in [0.717, 1.165) is 11.4 Å². The first-order chi connectivity index (χ1) is 8.63. The smallest absolute Gasteiger partial charge is 0.0705 e. The van der Waals surface area contributed by atoms with Crippen LogP contribution in [0.2, 0.25) is 0 Å². The molecule has 18 heavy (non-hydrogen) atoms. The van der Waals surface area contributed by atoms with E-state index in [-0.39, 0.29) is 0 Å². The third-order valence-electron chi connectivity index (χ3n) is 4.32. The zero-order valence-corrected chi connectivity index (χ0v) is 11.3. The molecular weight excluding hydrogens is 220 g/mol. The molecule has 94 valence electrons. The van der Waals surface area contributed by atoms with Gasteiger partial charge < -0.3 is 5.32 Å². The monoisotopic (exact) mass is 240 g/mol. The van der Waals surface area contributed by atoms with E-state index < -0.39 is 0 Å². The fraction of sp³-hybridized carbons (Fsp3) is 0.438. The molecule has 2 nitrogen and oxygen atoms in total. The van der Waals surface area contributed by atoms with Crippen LogP contribution in [-0.2, 0) is 0 Å². The van der Waals surface area contributed by atoms with Gasteiger partial charge in [-0.05, 0) is 42.5 Å². The highest BCUT2D eigenvalue weighted by Crippen LogP contribution is 2.58. The topological polar surface area (TPSA) is 24.9 Å². The molecule has 0 bridgehead atoms. The Bertz CT molecular complexity index is 569. The van der Waals surface area contributed by atoms with Crippen LogP contribution < -0.4 is 5.32 Å². The lowest BCUT2D eigenvalue weighted by Crippen LogP contribution is -2.20. The molecule has 2 heteroatoms. The first kappa shape index (κ1) is 11.7. The Balaban J connectivity index is 2.08. The van der Waals surface area contributed by atoms with Crippen molar-refractivity contribution in [2.45, 2.75) is 26.3 Å². The molecule has 1 N–H and O–H groups in total. The summed E-state index contributed by atoms with van der Waals surface area (Å²) in [4.78, 5) is 4.45. The lowest BCUT2D eigenvalue weighted by molar-refractivity contribution is 0.443. The molecule has 1 aromatic carbocycles. The summed E-state index contributed by atoms with van der Waals surface area (Å²) in [6.07, 6.45) is 3.16. The number of benzene rings is 1. The van der Waals surface area contributed by atoms with E-state index in [1.807, 2.05) is 12.3 Å². The van der Waals surface area contributed by atoms with Gasteiger partial charge in [-0.3, -0.25) is 4.98 Å². The van der Waals surface area contributed by atoms with Crippen molar-refractivity contribution in [3.8, 4) is 0 Å². The minimum atomic E-state index is 0.438. The zero-order valence-electron chi connectivity index (χ0n) is 11.3. The van der Waals surface area contributed by atoms with Gasteiger partial charge in [0.25, 0.3) is 0 Å². The molecule has 2 unspecified atom stereocenters. The average Bonchev–Trinajstić information content (AvgIpc) is 2.99. The predicted molar refractivity (Wildman–Crippen MR) is 75.4 cm³/mol. The Morgan fingerprint density at radius 2 is 2.06 bits per heavy atom. The summed E-state index contributed by atoms with van der Waals surface area (Å²) in [6, 6.07) is 11.1. The molecule has 1 aromatic heterocycles. The molecule has 0 radical (unpaired) electrons. The Morgan fingerprint density at radius 3 is 2.72 bits per heavy atom. The second kappa shape index (κ2) is 4.06.